The van der Waals surface area contributed by atoms with Crippen LogP contribution in [0.3, 0.4) is 0 Å². The van der Waals surface area contributed by atoms with Crippen molar-refractivity contribution in [3.8, 4) is 17.1 Å². The molecule has 0 amide bonds. The third-order valence-corrected chi connectivity index (χ3v) is 5.32. The smallest absolute Gasteiger partial charge is 0.162 e. The van der Waals surface area contributed by atoms with Gasteiger partial charge in [0.2, 0.25) is 0 Å². The van der Waals surface area contributed by atoms with Crippen LogP contribution < -0.4 is 0 Å². The lowest BCUT2D eigenvalue weighted by atomic mass is 10.1. The summed E-state index contributed by atoms with van der Waals surface area (Å²) in [5.74, 6) is 0.416. The number of rotatable bonds is 4. The second-order valence-corrected chi connectivity index (χ2v) is 7.41. The van der Waals surface area contributed by atoms with Gasteiger partial charge in [-0.2, -0.15) is 5.10 Å². The van der Waals surface area contributed by atoms with E-state index in [0.29, 0.717) is 5.82 Å². The Labute approximate surface area is 173 Å². The van der Waals surface area contributed by atoms with E-state index in [-0.39, 0.29) is 5.82 Å². The molecule has 4 aromatic rings. The van der Waals surface area contributed by atoms with Crippen molar-refractivity contribution >= 4 is 0 Å². The van der Waals surface area contributed by atoms with Crippen LogP contribution in [-0.2, 0) is 19.5 Å². The van der Waals surface area contributed by atoms with E-state index in [9.17, 15) is 4.39 Å². The van der Waals surface area contributed by atoms with Gasteiger partial charge in [0.25, 0.3) is 0 Å². The first kappa shape index (κ1) is 18.5. The highest BCUT2D eigenvalue weighted by atomic mass is 19.1. The summed E-state index contributed by atoms with van der Waals surface area (Å²) in [7, 11) is 0. The van der Waals surface area contributed by atoms with E-state index in [2.05, 4.69) is 25.0 Å². The van der Waals surface area contributed by atoms with E-state index < -0.39 is 0 Å². The zero-order valence-electron chi connectivity index (χ0n) is 16.5. The Morgan fingerprint density at radius 1 is 1.07 bits per heavy atom. The standard InChI is InChI=1S/C22H20FN7/c1-15-18(13-30(28-15)20-4-2-19(23)3-5-20)12-29-7-6-21-17(11-29)10-26-22(27-21)16-8-24-14-25-9-16/h2-5,8-10,13-14H,6-7,11-12H2,1H3. The largest absolute Gasteiger partial charge is 0.294 e. The van der Waals surface area contributed by atoms with Gasteiger partial charge in [-0.1, -0.05) is 0 Å². The Bertz CT molecular complexity index is 1170. The van der Waals surface area contributed by atoms with Gasteiger partial charge in [0.15, 0.2) is 5.82 Å². The zero-order chi connectivity index (χ0) is 20.5. The molecule has 0 fully saturated rings. The van der Waals surface area contributed by atoms with E-state index in [4.69, 9.17) is 4.98 Å². The average molecular weight is 401 g/mol. The lowest BCUT2D eigenvalue weighted by Crippen LogP contribution is -2.31. The van der Waals surface area contributed by atoms with E-state index in [1.54, 1.807) is 29.2 Å². The van der Waals surface area contributed by atoms with Crippen molar-refractivity contribution in [1.29, 1.82) is 0 Å². The first-order valence-corrected chi connectivity index (χ1v) is 9.79. The SMILES string of the molecule is Cc1nn(-c2ccc(F)cc2)cc1CN1CCc2nc(-c3cncnc3)ncc2C1. The maximum absolute atomic E-state index is 13.2. The summed E-state index contributed by atoms with van der Waals surface area (Å²) in [4.78, 5) is 19.7. The molecule has 30 heavy (non-hydrogen) atoms. The topological polar surface area (TPSA) is 72.6 Å². The fourth-order valence-electron chi connectivity index (χ4n) is 3.68. The van der Waals surface area contributed by atoms with Crippen molar-refractivity contribution < 1.29 is 4.39 Å². The van der Waals surface area contributed by atoms with Gasteiger partial charge < -0.3 is 0 Å². The van der Waals surface area contributed by atoms with Crippen LogP contribution in [0.4, 0.5) is 4.39 Å². The van der Waals surface area contributed by atoms with Gasteiger partial charge in [-0.05, 0) is 31.2 Å². The molecular weight excluding hydrogens is 381 g/mol. The number of benzene rings is 1. The molecule has 1 aliphatic rings. The molecule has 0 radical (unpaired) electrons. The monoisotopic (exact) mass is 401 g/mol. The van der Waals surface area contributed by atoms with Crippen molar-refractivity contribution in [2.45, 2.75) is 26.4 Å². The second kappa shape index (κ2) is 7.72. The molecule has 0 unspecified atom stereocenters. The van der Waals surface area contributed by atoms with Crippen LogP contribution >= 0.6 is 0 Å². The number of hydrogen-bond donors (Lipinski definition) is 0. The minimum absolute atomic E-state index is 0.250. The third-order valence-electron chi connectivity index (χ3n) is 5.32. The number of fused-ring (bicyclic) bond motifs is 1. The third kappa shape index (κ3) is 3.69. The van der Waals surface area contributed by atoms with Gasteiger partial charge in [0.05, 0.1) is 22.6 Å². The summed E-state index contributed by atoms with van der Waals surface area (Å²) in [6, 6.07) is 6.36. The molecule has 0 saturated carbocycles. The Morgan fingerprint density at radius 2 is 1.87 bits per heavy atom. The summed E-state index contributed by atoms with van der Waals surface area (Å²) in [5.41, 5.74) is 6.03. The fraction of sp³-hybridized carbons (Fsp3) is 0.227. The fourth-order valence-corrected chi connectivity index (χ4v) is 3.68. The Hall–Kier alpha value is -3.52. The number of aryl methyl sites for hydroxylation is 1. The lowest BCUT2D eigenvalue weighted by molar-refractivity contribution is 0.242. The van der Waals surface area contributed by atoms with Gasteiger partial charge >= 0.3 is 0 Å². The zero-order valence-corrected chi connectivity index (χ0v) is 16.5. The van der Waals surface area contributed by atoms with Crippen LogP contribution in [0.5, 0.6) is 0 Å². The quantitative estimate of drug-likeness (QED) is 0.523. The minimum atomic E-state index is -0.250. The first-order chi connectivity index (χ1) is 14.7. The summed E-state index contributed by atoms with van der Waals surface area (Å²) in [5, 5.41) is 4.60. The minimum Gasteiger partial charge on any atom is -0.294 e. The molecule has 5 rings (SSSR count). The molecule has 0 spiro atoms. The summed E-state index contributed by atoms with van der Waals surface area (Å²) < 4.78 is 15.0. The molecule has 7 nitrogen and oxygen atoms in total. The average Bonchev–Trinajstić information content (AvgIpc) is 3.14. The van der Waals surface area contributed by atoms with Crippen molar-refractivity contribution in [2.75, 3.05) is 6.54 Å². The Morgan fingerprint density at radius 3 is 2.67 bits per heavy atom. The van der Waals surface area contributed by atoms with Crippen LogP contribution in [0.2, 0.25) is 0 Å². The van der Waals surface area contributed by atoms with Crippen LogP contribution in [0.25, 0.3) is 17.1 Å². The van der Waals surface area contributed by atoms with Crippen LogP contribution in [0.15, 0.2) is 55.4 Å². The highest BCUT2D eigenvalue weighted by molar-refractivity contribution is 5.52. The summed E-state index contributed by atoms with van der Waals surface area (Å²) in [6.07, 6.45) is 9.75. The summed E-state index contributed by atoms with van der Waals surface area (Å²) >= 11 is 0. The molecule has 0 saturated heterocycles. The normalized spacial score (nSPS) is 13.9. The molecule has 1 aromatic carbocycles. The molecule has 4 heterocycles. The maximum Gasteiger partial charge on any atom is 0.162 e. The first-order valence-electron chi connectivity index (χ1n) is 9.79. The second-order valence-electron chi connectivity index (χ2n) is 7.41. The van der Waals surface area contributed by atoms with Crippen molar-refractivity contribution in [2.24, 2.45) is 0 Å². The van der Waals surface area contributed by atoms with Crippen molar-refractivity contribution in [3.05, 3.63) is 83.7 Å². The van der Waals surface area contributed by atoms with Gasteiger partial charge in [-0.3, -0.25) is 4.90 Å². The van der Waals surface area contributed by atoms with E-state index in [0.717, 1.165) is 59.8 Å². The van der Waals surface area contributed by atoms with Crippen molar-refractivity contribution in [1.82, 2.24) is 34.6 Å². The number of halogens is 1. The Kier molecular flexibility index (Phi) is 4.76. The van der Waals surface area contributed by atoms with Crippen LogP contribution in [-0.4, -0.2) is 41.2 Å². The number of hydrogen-bond acceptors (Lipinski definition) is 6. The lowest BCUT2D eigenvalue weighted by Gasteiger charge is -2.27. The van der Waals surface area contributed by atoms with Crippen molar-refractivity contribution in [3.63, 3.8) is 0 Å². The van der Waals surface area contributed by atoms with Gasteiger partial charge in [0, 0.05) is 62.0 Å². The number of aromatic nitrogens is 6. The highest BCUT2D eigenvalue weighted by Crippen LogP contribution is 2.22. The maximum atomic E-state index is 13.2. The molecule has 3 aromatic heterocycles. The van der Waals surface area contributed by atoms with Crippen LogP contribution in [0, 0.1) is 12.7 Å². The van der Waals surface area contributed by atoms with E-state index >= 15 is 0 Å². The predicted octanol–water partition coefficient (Wildman–Crippen LogP) is 3.13. The molecule has 8 heteroatoms. The molecule has 0 bridgehead atoms. The van der Waals surface area contributed by atoms with E-state index in [1.807, 2.05) is 19.3 Å². The van der Waals surface area contributed by atoms with E-state index in [1.165, 1.54) is 18.5 Å². The predicted molar refractivity (Wildman–Crippen MR) is 109 cm³/mol. The molecular formula is C22H20FN7. The van der Waals surface area contributed by atoms with Gasteiger partial charge in [0.1, 0.15) is 12.1 Å². The Balaban J connectivity index is 1.32. The van der Waals surface area contributed by atoms with Gasteiger partial charge in [-0.25, -0.2) is 29.0 Å². The van der Waals surface area contributed by atoms with Crippen LogP contribution in [0.1, 0.15) is 22.5 Å². The molecule has 1 aliphatic heterocycles. The highest BCUT2D eigenvalue weighted by Gasteiger charge is 2.20. The molecule has 0 atom stereocenters. The molecule has 0 aliphatic carbocycles. The summed E-state index contributed by atoms with van der Waals surface area (Å²) in [6.45, 7) is 4.50. The number of nitrogens with zero attached hydrogens (tertiary/aromatic N) is 7. The molecule has 0 N–H and O–H groups in total. The molecule has 150 valence electrons. The van der Waals surface area contributed by atoms with Gasteiger partial charge in [-0.15, -0.1) is 0 Å².